The molecule has 2 aliphatic rings. The van der Waals surface area contributed by atoms with Gasteiger partial charge in [-0.05, 0) is 45.2 Å². The Morgan fingerprint density at radius 2 is 1.82 bits per heavy atom. The minimum absolute atomic E-state index is 0. The maximum Gasteiger partial charge on any atom is 0.116 e. The monoisotopic (exact) mass is 262 g/mol. The number of rotatable bonds is 2. The lowest BCUT2D eigenvalue weighted by atomic mass is 9.86. The second-order valence-electron chi connectivity index (χ2n) is 6.43. The van der Waals surface area contributed by atoms with E-state index < -0.39 is 0 Å². The molecule has 0 radical (unpaired) electrons. The lowest BCUT2D eigenvalue weighted by Gasteiger charge is -2.44. The smallest absolute Gasteiger partial charge is 0.116 e. The van der Waals surface area contributed by atoms with Crippen molar-refractivity contribution in [3.8, 4) is 0 Å². The van der Waals surface area contributed by atoms with Gasteiger partial charge < -0.3 is 10.1 Å². The molecule has 1 atom stereocenters. The van der Waals surface area contributed by atoms with Gasteiger partial charge in [0.2, 0.25) is 0 Å². The molecule has 4 heteroatoms. The zero-order valence-electron chi connectivity index (χ0n) is 11.3. The predicted molar refractivity (Wildman–Crippen MR) is 73.6 cm³/mol. The fourth-order valence-electron chi connectivity index (χ4n) is 2.65. The van der Waals surface area contributed by atoms with Gasteiger partial charge in [0.15, 0.2) is 0 Å². The van der Waals surface area contributed by atoms with Crippen LogP contribution in [-0.2, 0) is 4.74 Å². The number of piperidine rings is 1. The Balaban J connectivity index is 0.00000144. The summed E-state index contributed by atoms with van der Waals surface area (Å²) >= 11 is 0. The summed E-state index contributed by atoms with van der Waals surface area (Å²) in [5.41, 5.74) is 0.200. The summed E-state index contributed by atoms with van der Waals surface area (Å²) in [6, 6.07) is 0. The van der Waals surface area contributed by atoms with Gasteiger partial charge in [-0.25, -0.2) is 0 Å². The Morgan fingerprint density at radius 3 is 2.35 bits per heavy atom. The molecule has 0 aromatic carbocycles. The van der Waals surface area contributed by atoms with Crippen molar-refractivity contribution in [2.45, 2.75) is 45.8 Å². The summed E-state index contributed by atoms with van der Waals surface area (Å²) < 4.78 is 6.05. The molecule has 2 N–H and O–H groups in total. The van der Waals surface area contributed by atoms with Crippen molar-refractivity contribution in [3.05, 3.63) is 0 Å². The van der Waals surface area contributed by atoms with Crippen LogP contribution in [0.15, 0.2) is 0 Å². The largest absolute Gasteiger partial charge is 0.360 e. The van der Waals surface area contributed by atoms with Crippen molar-refractivity contribution in [2.75, 3.05) is 26.2 Å². The summed E-state index contributed by atoms with van der Waals surface area (Å²) in [6.45, 7) is 11.0. The van der Waals surface area contributed by atoms with Gasteiger partial charge in [-0.15, -0.1) is 12.4 Å². The van der Waals surface area contributed by atoms with Gasteiger partial charge in [-0.2, -0.15) is 0 Å². The molecule has 0 aromatic heterocycles. The Morgan fingerprint density at radius 1 is 1.18 bits per heavy atom. The molecule has 2 aliphatic heterocycles. The minimum Gasteiger partial charge on any atom is -0.360 e. The third-order valence-corrected chi connectivity index (χ3v) is 3.86. The molecule has 1 unspecified atom stereocenters. The highest BCUT2D eigenvalue weighted by molar-refractivity contribution is 5.85. The zero-order chi connectivity index (χ0) is 11.6. The summed E-state index contributed by atoms with van der Waals surface area (Å²) in [7, 11) is 0. The van der Waals surface area contributed by atoms with E-state index in [1.165, 1.54) is 25.9 Å². The summed E-state index contributed by atoms with van der Waals surface area (Å²) in [5.74, 6) is 0.819. The van der Waals surface area contributed by atoms with Crippen molar-refractivity contribution in [2.24, 2.45) is 11.3 Å². The van der Waals surface area contributed by atoms with E-state index in [1.54, 1.807) is 0 Å². The average Bonchev–Trinajstić information content (AvgIpc) is 2.25. The van der Waals surface area contributed by atoms with Gasteiger partial charge in [0.1, 0.15) is 5.72 Å². The number of hydrogen-bond donors (Lipinski definition) is 2. The molecule has 0 aliphatic carbocycles. The highest BCUT2D eigenvalue weighted by atomic mass is 35.5. The molecule has 17 heavy (non-hydrogen) atoms. The number of ether oxygens (including phenoxy) is 1. The molecule has 0 spiro atoms. The summed E-state index contributed by atoms with van der Waals surface area (Å²) in [6.07, 6.45) is 3.75. The van der Waals surface area contributed by atoms with E-state index in [0.717, 1.165) is 25.5 Å². The van der Waals surface area contributed by atoms with Crippen molar-refractivity contribution in [3.63, 3.8) is 0 Å². The Hall–Kier alpha value is 0.170. The first-order chi connectivity index (χ1) is 7.49. The normalized spacial score (nSPS) is 34.1. The molecular weight excluding hydrogens is 236 g/mol. The molecule has 0 amide bonds. The van der Waals surface area contributed by atoms with Crippen LogP contribution < -0.4 is 10.6 Å². The number of hydrogen-bond acceptors (Lipinski definition) is 3. The van der Waals surface area contributed by atoms with Crippen molar-refractivity contribution < 1.29 is 4.74 Å². The zero-order valence-corrected chi connectivity index (χ0v) is 12.2. The highest BCUT2D eigenvalue weighted by Crippen LogP contribution is 2.30. The standard InChI is InChI=1S/C13H26N2O.ClH/c1-12(2)9-15-13(3,16-10-12)8-11-4-6-14-7-5-11;/h11,14-15H,4-10H2,1-3H3;1H. The maximum atomic E-state index is 6.05. The lowest BCUT2D eigenvalue weighted by molar-refractivity contribution is -0.137. The molecule has 2 heterocycles. The van der Waals surface area contributed by atoms with Crippen LogP contribution in [0.2, 0.25) is 0 Å². The average molecular weight is 263 g/mol. The van der Waals surface area contributed by atoms with E-state index in [4.69, 9.17) is 4.74 Å². The predicted octanol–water partition coefficient (Wildman–Crippen LogP) is 2.16. The third-order valence-electron chi connectivity index (χ3n) is 3.86. The van der Waals surface area contributed by atoms with E-state index in [2.05, 4.69) is 31.4 Å². The van der Waals surface area contributed by atoms with Gasteiger partial charge in [0, 0.05) is 12.0 Å². The summed E-state index contributed by atoms with van der Waals surface area (Å²) in [4.78, 5) is 0. The van der Waals surface area contributed by atoms with Crippen molar-refractivity contribution in [1.29, 1.82) is 0 Å². The van der Waals surface area contributed by atoms with Crippen LogP contribution in [-0.4, -0.2) is 32.0 Å². The number of halogens is 1. The number of nitrogens with one attached hydrogen (secondary N) is 2. The van der Waals surface area contributed by atoms with Gasteiger partial charge in [0.05, 0.1) is 6.61 Å². The molecule has 2 fully saturated rings. The van der Waals surface area contributed by atoms with Crippen LogP contribution in [0.25, 0.3) is 0 Å². The minimum atomic E-state index is -0.0858. The van der Waals surface area contributed by atoms with Gasteiger partial charge in [0.25, 0.3) is 0 Å². The molecule has 102 valence electrons. The Labute approximate surface area is 111 Å². The topological polar surface area (TPSA) is 33.3 Å². The fraction of sp³-hybridized carbons (Fsp3) is 1.00. The maximum absolute atomic E-state index is 6.05. The van der Waals surface area contributed by atoms with E-state index in [-0.39, 0.29) is 23.5 Å². The summed E-state index contributed by atoms with van der Waals surface area (Å²) in [5, 5.41) is 7.01. The molecule has 0 saturated carbocycles. The van der Waals surface area contributed by atoms with E-state index in [0.29, 0.717) is 0 Å². The van der Waals surface area contributed by atoms with Crippen LogP contribution >= 0.6 is 12.4 Å². The van der Waals surface area contributed by atoms with E-state index in [1.807, 2.05) is 0 Å². The molecule has 2 rings (SSSR count). The quantitative estimate of drug-likeness (QED) is 0.800. The third kappa shape index (κ3) is 4.40. The van der Waals surface area contributed by atoms with Crippen LogP contribution in [0, 0.1) is 11.3 Å². The SMILES string of the molecule is CC1(C)CNC(C)(CC2CCNCC2)OC1.Cl. The fourth-order valence-corrected chi connectivity index (χ4v) is 2.65. The lowest BCUT2D eigenvalue weighted by Crippen LogP contribution is -2.56. The molecular formula is C13H27ClN2O. The van der Waals surface area contributed by atoms with E-state index >= 15 is 0 Å². The first-order valence-electron chi connectivity index (χ1n) is 6.59. The van der Waals surface area contributed by atoms with Crippen molar-refractivity contribution >= 4 is 12.4 Å². The van der Waals surface area contributed by atoms with Gasteiger partial charge in [-0.3, -0.25) is 5.32 Å². The second-order valence-corrected chi connectivity index (χ2v) is 6.43. The molecule has 0 aromatic rings. The van der Waals surface area contributed by atoms with Gasteiger partial charge >= 0.3 is 0 Å². The first kappa shape index (κ1) is 15.2. The van der Waals surface area contributed by atoms with Crippen LogP contribution in [0.3, 0.4) is 0 Å². The van der Waals surface area contributed by atoms with Crippen LogP contribution in [0.1, 0.15) is 40.0 Å². The highest BCUT2D eigenvalue weighted by Gasteiger charge is 2.36. The van der Waals surface area contributed by atoms with Crippen LogP contribution in [0.4, 0.5) is 0 Å². The first-order valence-corrected chi connectivity index (χ1v) is 6.59. The van der Waals surface area contributed by atoms with Crippen LogP contribution in [0.5, 0.6) is 0 Å². The Bertz CT molecular complexity index is 230. The second kappa shape index (κ2) is 5.87. The molecule has 2 saturated heterocycles. The molecule has 0 bridgehead atoms. The van der Waals surface area contributed by atoms with Crippen molar-refractivity contribution in [1.82, 2.24) is 10.6 Å². The van der Waals surface area contributed by atoms with E-state index in [9.17, 15) is 0 Å². The molecule has 3 nitrogen and oxygen atoms in total. The Kier molecular flexibility index (Phi) is 5.26. The van der Waals surface area contributed by atoms with Gasteiger partial charge in [-0.1, -0.05) is 13.8 Å².